The van der Waals surface area contributed by atoms with Crippen LogP contribution in [0, 0.1) is 20.2 Å². The first-order valence-corrected chi connectivity index (χ1v) is 5.99. The van der Waals surface area contributed by atoms with E-state index in [4.69, 9.17) is 4.74 Å². The Morgan fingerprint density at radius 3 is 2.70 bits per heavy atom. The summed E-state index contributed by atoms with van der Waals surface area (Å²) in [6.45, 7) is 1.62. The lowest BCUT2D eigenvalue weighted by atomic mass is 10.1. The number of benzene rings is 1. The first-order valence-electron chi connectivity index (χ1n) is 5.99. The number of non-ortho nitro benzene ring substituents is 1. The van der Waals surface area contributed by atoms with Gasteiger partial charge < -0.3 is 4.74 Å². The monoisotopic (exact) mass is 280 g/mol. The number of rotatable bonds is 5. The fourth-order valence-electron chi connectivity index (χ4n) is 2.26. The molecule has 8 heteroatoms. The van der Waals surface area contributed by atoms with Gasteiger partial charge in [-0.2, -0.15) is 0 Å². The molecule has 20 heavy (non-hydrogen) atoms. The zero-order valence-corrected chi connectivity index (χ0v) is 10.6. The van der Waals surface area contributed by atoms with Gasteiger partial charge in [-0.1, -0.05) is 12.1 Å². The second-order valence-electron chi connectivity index (χ2n) is 4.51. The lowest BCUT2D eigenvalue weighted by Gasteiger charge is -2.08. The molecule has 0 bridgehead atoms. The van der Waals surface area contributed by atoms with Crippen LogP contribution in [0.5, 0.6) is 0 Å². The quantitative estimate of drug-likeness (QED) is 0.460. The minimum Gasteiger partial charge on any atom is -0.461 e. The van der Waals surface area contributed by atoms with E-state index >= 15 is 0 Å². The van der Waals surface area contributed by atoms with Crippen molar-refractivity contribution in [3.8, 4) is 0 Å². The molecule has 1 aliphatic carbocycles. The number of carbonyl (C=O) groups excluding carboxylic acids is 1. The number of hydrogen-bond donors (Lipinski definition) is 0. The summed E-state index contributed by atoms with van der Waals surface area (Å²) in [5, 5.41) is 21.9. The summed E-state index contributed by atoms with van der Waals surface area (Å²) in [6.07, 6.45) is 0.000000945. The van der Waals surface area contributed by atoms with Crippen LogP contribution in [0.25, 0.3) is 0 Å². The molecule has 1 aromatic rings. The van der Waals surface area contributed by atoms with Gasteiger partial charge in [-0.15, -0.1) is 0 Å². The fourth-order valence-corrected chi connectivity index (χ4v) is 2.26. The third-order valence-corrected chi connectivity index (χ3v) is 3.37. The zero-order valence-electron chi connectivity index (χ0n) is 10.6. The van der Waals surface area contributed by atoms with Gasteiger partial charge >= 0.3 is 11.5 Å². The SMILES string of the molecule is CCOC(=O)[C@@]1([N+](=O)[O-])C[C@H]1c1cccc([N+](=O)[O-])c1. The van der Waals surface area contributed by atoms with Crippen molar-refractivity contribution in [2.75, 3.05) is 6.61 Å². The highest BCUT2D eigenvalue weighted by atomic mass is 16.6. The van der Waals surface area contributed by atoms with Crippen molar-refractivity contribution in [3.05, 3.63) is 50.1 Å². The number of nitro benzene ring substituents is 1. The molecule has 2 rings (SSSR count). The van der Waals surface area contributed by atoms with Gasteiger partial charge in [0.15, 0.2) is 0 Å². The van der Waals surface area contributed by atoms with E-state index in [1.54, 1.807) is 13.0 Å². The van der Waals surface area contributed by atoms with Gasteiger partial charge in [0.1, 0.15) is 0 Å². The fraction of sp³-hybridized carbons (Fsp3) is 0.417. The van der Waals surface area contributed by atoms with E-state index in [9.17, 15) is 25.0 Å². The second-order valence-corrected chi connectivity index (χ2v) is 4.51. The summed E-state index contributed by atoms with van der Waals surface area (Å²) >= 11 is 0. The van der Waals surface area contributed by atoms with Gasteiger partial charge in [0, 0.05) is 23.5 Å². The van der Waals surface area contributed by atoms with Crippen LogP contribution in [0.1, 0.15) is 24.8 Å². The number of hydrogen-bond acceptors (Lipinski definition) is 6. The molecule has 0 spiro atoms. The van der Waals surface area contributed by atoms with Gasteiger partial charge in [0.2, 0.25) is 0 Å². The number of nitrogens with zero attached hydrogens (tertiary/aromatic N) is 2. The minimum atomic E-state index is -1.80. The molecule has 0 N–H and O–H groups in total. The van der Waals surface area contributed by atoms with Gasteiger partial charge in [0.05, 0.1) is 17.4 Å². The molecule has 0 radical (unpaired) electrons. The summed E-state index contributed by atoms with van der Waals surface area (Å²) in [5.74, 6) is -1.57. The van der Waals surface area contributed by atoms with Crippen molar-refractivity contribution in [2.45, 2.75) is 24.8 Å². The van der Waals surface area contributed by atoms with E-state index in [0.717, 1.165) is 0 Å². The van der Waals surface area contributed by atoms with Crippen LogP contribution in [0.4, 0.5) is 5.69 Å². The number of ether oxygens (including phenoxy) is 1. The van der Waals surface area contributed by atoms with Crippen molar-refractivity contribution in [3.63, 3.8) is 0 Å². The first-order chi connectivity index (χ1) is 9.43. The summed E-state index contributed by atoms with van der Waals surface area (Å²) in [5.41, 5.74) is -1.55. The lowest BCUT2D eigenvalue weighted by molar-refractivity contribution is -0.527. The third kappa shape index (κ3) is 2.09. The number of carbonyl (C=O) groups is 1. The lowest BCUT2D eigenvalue weighted by Crippen LogP contribution is -2.35. The minimum absolute atomic E-state index is 0.000000945. The Labute approximate surface area is 113 Å². The Kier molecular flexibility index (Phi) is 3.39. The Bertz CT molecular complexity index is 587. The van der Waals surface area contributed by atoms with Crippen LogP contribution in [0.15, 0.2) is 24.3 Å². The van der Waals surface area contributed by atoms with Crippen molar-refractivity contribution >= 4 is 11.7 Å². The molecule has 1 aromatic carbocycles. The molecule has 0 aliphatic heterocycles. The van der Waals surface area contributed by atoms with Crippen LogP contribution in [0.2, 0.25) is 0 Å². The highest BCUT2D eigenvalue weighted by molar-refractivity contribution is 5.85. The van der Waals surface area contributed by atoms with Crippen molar-refractivity contribution < 1.29 is 19.4 Å². The van der Waals surface area contributed by atoms with Crippen LogP contribution in [-0.4, -0.2) is 28.0 Å². The average molecular weight is 280 g/mol. The van der Waals surface area contributed by atoms with Gasteiger partial charge in [-0.05, 0) is 12.5 Å². The first kappa shape index (κ1) is 13.9. The van der Waals surface area contributed by atoms with Crippen LogP contribution < -0.4 is 0 Å². The van der Waals surface area contributed by atoms with E-state index in [-0.39, 0.29) is 18.7 Å². The standard InChI is InChI=1S/C12H12N2O6/c1-2-20-11(15)12(14(18)19)7-10(12)8-4-3-5-9(6-8)13(16)17/h3-6,10H,2,7H2,1H3/t10-,12+/m0/s1. The molecule has 8 nitrogen and oxygen atoms in total. The molecule has 1 fully saturated rings. The Morgan fingerprint density at radius 1 is 1.45 bits per heavy atom. The highest BCUT2D eigenvalue weighted by Gasteiger charge is 2.74. The van der Waals surface area contributed by atoms with Gasteiger partial charge in [-0.25, -0.2) is 4.79 Å². The topological polar surface area (TPSA) is 113 Å². The molecule has 2 atom stereocenters. The zero-order chi connectivity index (χ0) is 14.9. The highest BCUT2D eigenvalue weighted by Crippen LogP contribution is 2.54. The summed E-state index contributed by atoms with van der Waals surface area (Å²) in [6, 6.07) is 5.54. The summed E-state index contributed by atoms with van der Waals surface area (Å²) in [4.78, 5) is 32.4. The van der Waals surface area contributed by atoms with E-state index in [2.05, 4.69) is 0 Å². The second kappa shape index (κ2) is 4.87. The van der Waals surface area contributed by atoms with E-state index in [1.807, 2.05) is 0 Å². The van der Waals surface area contributed by atoms with E-state index in [1.165, 1.54) is 18.2 Å². The smallest absolute Gasteiger partial charge is 0.385 e. The molecule has 0 amide bonds. The maximum atomic E-state index is 11.8. The number of esters is 1. The number of nitro groups is 2. The average Bonchev–Trinajstić information content (AvgIpc) is 3.16. The Balaban J connectivity index is 2.31. The normalized spacial score (nSPS) is 23.9. The predicted molar refractivity (Wildman–Crippen MR) is 66.8 cm³/mol. The molecular weight excluding hydrogens is 268 g/mol. The molecule has 0 heterocycles. The molecule has 1 aliphatic rings. The third-order valence-electron chi connectivity index (χ3n) is 3.37. The Hall–Kier alpha value is -2.51. The van der Waals surface area contributed by atoms with Crippen LogP contribution in [-0.2, 0) is 9.53 Å². The van der Waals surface area contributed by atoms with Crippen LogP contribution in [0.3, 0.4) is 0 Å². The molecular formula is C12H12N2O6. The largest absolute Gasteiger partial charge is 0.461 e. The molecule has 1 saturated carbocycles. The van der Waals surface area contributed by atoms with E-state index < -0.39 is 27.3 Å². The van der Waals surface area contributed by atoms with Crippen LogP contribution >= 0.6 is 0 Å². The molecule has 0 aromatic heterocycles. The van der Waals surface area contributed by atoms with Crippen molar-refractivity contribution in [1.82, 2.24) is 0 Å². The molecule has 106 valence electrons. The van der Waals surface area contributed by atoms with Gasteiger partial charge in [-0.3, -0.25) is 20.2 Å². The summed E-state index contributed by atoms with van der Waals surface area (Å²) in [7, 11) is 0. The molecule has 0 unspecified atom stereocenters. The van der Waals surface area contributed by atoms with Crippen molar-refractivity contribution in [1.29, 1.82) is 0 Å². The maximum absolute atomic E-state index is 11.8. The van der Waals surface area contributed by atoms with E-state index in [0.29, 0.717) is 5.56 Å². The Morgan fingerprint density at radius 2 is 2.15 bits per heavy atom. The predicted octanol–water partition coefficient (Wildman–Crippen LogP) is 1.66. The van der Waals surface area contributed by atoms with Crippen molar-refractivity contribution in [2.24, 2.45) is 0 Å². The van der Waals surface area contributed by atoms with Gasteiger partial charge in [0.25, 0.3) is 5.69 Å². The summed E-state index contributed by atoms with van der Waals surface area (Å²) < 4.78 is 4.75. The molecule has 0 saturated heterocycles. The maximum Gasteiger partial charge on any atom is 0.385 e.